The first-order chi connectivity index (χ1) is 13.1. The molecule has 2 aliphatic carbocycles. The highest BCUT2D eigenvalue weighted by Crippen LogP contribution is 2.42. The highest BCUT2D eigenvalue weighted by atomic mass is 35.5. The lowest BCUT2D eigenvalue weighted by molar-refractivity contribution is -0.136. The van der Waals surface area contributed by atoms with Crippen LogP contribution in [0.25, 0.3) is 0 Å². The van der Waals surface area contributed by atoms with Gasteiger partial charge in [0.2, 0.25) is 11.8 Å². The number of rotatable bonds is 4. The Morgan fingerprint density at radius 1 is 1.21 bits per heavy atom. The molecule has 3 aliphatic rings. The van der Waals surface area contributed by atoms with E-state index in [-0.39, 0.29) is 42.7 Å². The Hall–Kier alpha value is -1.64. The molecule has 2 unspecified atom stereocenters. The lowest BCUT2D eigenvalue weighted by Crippen LogP contribution is -2.48. The van der Waals surface area contributed by atoms with Crippen molar-refractivity contribution in [2.45, 2.75) is 44.7 Å². The van der Waals surface area contributed by atoms with Crippen LogP contribution in [-0.4, -0.2) is 58.8 Å². The van der Waals surface area contributed by atoms with Crippen LogP contribution in [0.4, 0.5) is 5.82 Å². The van der Waals surface area contributed by atoms with E-state index in [1.54, 1.807) is 21.8 Å². The number of nitrogens with one attached hydrogen (secondary N) is 1. The fourth-order valence-corrected chi connectivity index (χ4v) is 4.80. The fourth-order valence-electron chi connectivity index (χ4n) is 4.80. The molecule has 3 N–H and O–H groups in total. The van der Waals surface area contributed by atoms with Crippen molar-refractivity contribution in [3.63, 3.8) is 0 Å². The number of amides is 2. The van der Waals surface area contributed by atoms with Crippen LogP contribution >= 0.6 is 12.4 Å². The second kappa shape index (κ2) is 9.24. The van der Waals surface area contributed by atoms with Gasteiger partial charge in [0.25, 0.3) is 0 Å². The Labute approximate surface area is 171 Å². The van der Waals surface area contributed by atoms with Gasteiger partial charge < -0.3 is 20.7 Å². The molecule has 1 aromatic rings. The minimum atomic E-state index is 0. The summed E-state index contributed by atoms with van der Waals surface area (Å²) in [4.78, 5) is 26.8. The first-order valence-corrected chi connectivity index (χ1v) is 10.1. The Kier molecular flexibility index (Phi) is 6.95. The van der Waals surface area contributed by atoms with Crippen molar-refractivity contribution < 1.29 is 14.3 Å². The van der Waals surface area contributed by atoms with Crippen molar-refractivity contribution in [1.29, 1.82) is 0 Å². The normalized spacial score (nSPS) is 29.7. The molecule has 1 aliphatic heterocycles. The molecule has 0 spiro atoms. The van der Waals surface area contributed by atoms with Crippen molar-refractivity contribution in [2.24, 2.45) is 23.5 Å². The van der Waals surface area contributed by atoms with Crippen LogP contribution in [0.3, 0.4) is 0 Å². The third kappa shape index (κ3) is 4.67. The molecule has 2 atom stereocenters. The van der Waals surface area contributed by atoms with Crippen LogP contribution < -0.4 is 11.1 Å². The van der Waals surface area contributed by atoms with Crippen LogP contribution in [0.1, 0.15) is 32.1 Å². The summed E-state index contributed by atoms with van der Waals surface area (Å²) in [6, 6.07) is 2.01. The van der Waals surface area contributed by atoms with Gasteiger partial charge in [0.1, 0.15) is 6.54 Å². The molecule has 3 fully saturated rings. The average Bonchev–Trinajstić information content (AvgIpc) is 3.09. The Bertz CT molecular complexity index is 677. The predicted octanol–water partition coefficient (Wildman–Crippen LogP) is 1.26. The number of carbonyl (C=O) groups excluding carboxylic acids is 2. The maximum absolute atomic E-state index is 12.7. The summed E-state index contributed by atoms with van der Waals surface area (Å²) in [6.45, 7) is 2.59. The third-order valence-electron chi connectivity index (χ3n) is 6.34. The van der Waals surface area contributed by atoms with Gasteiger partial charge in [0, 0.05) is 37.3 Å². The molecule has 0 radical (unpaired) electrons. The molecule has 8 nitrogen and oxygen atoms in total. The van der Waals surface area contributed by atoms with E-state index in [4.69, 9.17) is 10.5 Å². The van der Waals surface area contributed by atoms with Crippen molar-refractivity contribution in [2.75, 3.05) is 31.6 Å². The maximum Gasteiger partial charge on any atom is 0.244 e. The van der Waals surface area contributed by atoms with Gasteiger partial charge >= 0.3 is 0 Å². The van der Waals surface area contributed by atoms with Gasteiger partial charge in [-0.1, -0.05) is 6.42 Å². The highest BCUT2D eigenvalue weighted by molar-refractivity contribution is 5.91. The van der Waals surface area contributed by atoms with Crippen molar-refractivity contribution >= 4 is 30.0 Å². The second-order valence-electron chi connectivity index (χ2n) is 8.08. The quantitative estimate of drug-likeness (QED) is 0.776. The summed E-state index contributed by atoms with van der Waals surface area (Å²) in [7, 11) is 0. The van der Waals surface area contributed by atoms with Crippen LogP contribution in [0, 0.1) is 17.8 Å². The zero-order valence-corrected chi connectivity index (χ0v) is 16.9. The van der Waals surface area contributed by atoms with Crippen molar-refractivity contribution in [3.8, 4) is 0 Å². The number of anilines is 1. The van der Waals surface area contributed by atoms with Crippen molar-refractivity contribution in [3.05, 3.63) is 12.3 Å². The number of hydrogen-bond donors (Lipinski definition) is 2. The molecule has 2 bridgehead atoms. The van der Waals surface area contributed by atoms with Crippen LogP contribution in [-0.2, 0) is 20.9 Å². The number of carbonyl (C=O) groups is 2. The number of ether oxygens (including phenoxy) is 1. The molecule has 1 saturated heterocycles. The van der Waals surface area contributed by atoms with E-state index in [0.29, 0.717) is 44.0 Å². The SMILES string of the molecule is Cl.NC1C2CCCC1CC(C(=O)Nc1ccn(CC(=O)N3CCOCC3)n1)C2. The van der Waals surface area contributed by atoms with Gasteiger partial charge in [-0.3, -0.25) is 14.3 Å². The average molecular weight is 412 g/mol. The Balaban J connectivity index is 0.00000225. The predicted molar refractivity (Wildman–Crippen MR) is 107 cm³/mol. The summed E-state index contributed by atoms with van der Waals surface area (Å²) in [6.07, 6.45) is 7.00. The summed E-state index contributed by atoms with van der Waals surface area (Å²) in [5.41, 5.74) is 6.32. The van der Waals surface area contributed by atoms with Crippen molar-refractivity contribution in [1.82, 2.24) is 14.7 Å². The molecule has 2 heterocycles. The molecule has 2 saturated carbocycles. The number of hydrogen-bond acceptors (Lipinski definition) is 5. The standard InChI is InChI=1S/C19H29N5O3.ClH/c20-18-13-2-1-3-14(18)11-15(10-13)19(26)21-16-4-5-24(22-16)12-17(25)23-6-8-27-9-7-23;/h4-5,13-15,18H,1-3,6-12,20H2,(H,21,22,26);1H. The van der Waals surface area contributed by atoms with Crippen LogP contribution in [0.2, 0.25) is 0 Å². The minimum absolute atomic E-state index is 0. The van der Waals surface area contributed by atoms with Gasteiger partial charge in [-0.25, -0.2) is 0 Å². The zero-order valence-electron chi connectivity index (χ0n) is 16.1. The van der Waals surface area contributed by atoms with Gasteiger partial charge in [-0.05, 0) is 37.5 Å². The molecule has 9 heteroatoms. The molecular formula is C19H30ClN5O3. The van der Waals surface area contributed by atoms with Gasteiger partial charge in [-0.15, -0.1) is 12.4 Å². The third-order valence-corrected chi connectivity index (χ3v) is 6.34. The first-order valence-electron chi connectivity index (χ1n) is 10.1. The lowest BCUT2D eigenvalue weighted by Gasteiger charge is -2.43. The molecular weight excluding hydrogens is 382 g/mol. The fraction of sp³-hybridized carbons (Fsp3) is 0.737. The van der Waals surface area contributed by atoms with E-state index in [1.165, 1.54) is 6.42 Å². The van der Waals surface area contributed by atoms with Gasteiger partial charge in [0.05, 0.1) is 13.2 Å². The van der Waals surface area contributed by atoms with E-state index in [9.17, 15) is 9.59 Å². The number of aromatic nitrogens is 2. The van der Waals surface area contributed by atoms with E-state index < -0.39 is 0 Å². The largest absolute Gasteiger partial charge is 0.378 e. The van der Waals surface area contributed by atoms with Gasteiger partial charge in [-0.2, -0.15) is 5.10 Å². The Morgan fingerprint density at radius 3 is 2.57 bits per heavy atom. The number of nitrogens with zero attached hydrogens (tertiary/aromatic N) is 3. The number of halogens is 1. The van der Waals surface area contributed by atoms with Crippen LogP contribution in [0.5, 0.6) is 0 Å². The lowest BCUT2D eigenvalue weighted by atomic mass is 9.65. The molecule has 2 amide bonds. The number of morpholine rings is 1. The maximum atomic E-state index is 12.7. The van der Waals surface area contributed by atoms with Gasteiger partial charge in [0.15, 0.2) is 5.82 Å². The molecule has 1 aromatic heterocycles. The molecule has 28 heavy (non-hydrogen) atoms. The minimum Gasteiger partial charge on any atom is -0.378 e. The highest BCUT2D eigenvalue weighted by Gasteiger charge is 2.40. The molecule has 156 valence electrons. The Morgan fingerprint density at radius 2 is 1.89 bits per heavy atom. The summed E-state index contributed by atoms with van der Waals surface area (Å²) in [5.74, 6) is 1.51. The van der Waals surface area contributed by atoms with E-state index in [2.05, 4.69) is 10.4 Å². The number of nitrogens with two attached hydrogens (primary N) is 1. The van der Waals surface area contributed by atoms with E-state index in [1.807, 2.05) is 0 Å². The topological polar surface area (TPSA) is 102 Å². The van der Waals surface area contributed by atoms with E-state index in [0.717, 1.165) is 25.7 Å². The summed E-state index contributed by atoms with van der Waals surface area (Å²) >= 11 is 0. The smallest absolute Gasteiger partial charge is 0.244 e. The van der Waals surface area contributed by atoms with E-state index >= 15 is 0 Å². The number of fused-ring (bicyclic) bond motifs is 2. The summed E-state index contributed by atoms with van der Waals surface area (Å²) < 4.78 is 6.85. The van der Waals surface area contributed by atoms with Crippen LogP contribution in [0.15, 0.2) is 12.3 Å². The summed E-state index contributed by atoms with van der Waals surface area (Å²) in [5, 5.41) is 7.28. The zero-order chi connectivity index (χ0) is 18.8. The molecule has 4 rings (SSSR count). The second-order valence-corrected chi connectivity index (χ2v) is 8.08. The first kappa shape index (κ1) is 21.1. The molecule has 0 aromatic carbocycles. The monoisotopic (exact) mass is 411 g/mol.